The molecule has 0 radical (unpaired) electrons. The first-order valence-corrected chi connectivity index (χ1v) is 6.91. The zero-order chi connectivity index (χ0) is 11.8. The van der Waals surface area contributed by atoms with Crippen LogP contribution >= 0.6 is 0 Å². The summed E-state index contributed by atoms with van der Waals surface area (Å²) in [5.41, 5.74) is 0. The minimum Gasteiger partial charge on any atom is -0.771 e. The van der Waals surface area contributed by atoms with Crippen molar-refractivity contribution in [1.82, 2.24) is 10.2 Å². The number of methoxy groups -OCH3 is 1. The summed E-state index contributed by atoms with van der Waals surface area (Å²) in [5, 5.41) is 2.71. The van der Waals surface area contributed by atoms with E-state index in [1.165, 1.54) is 6.42 Å². The lowest BCUT2D eigenvalue weighted by atomic mass is 10.1. The topological polar surface area (TPSA) is 64.6 Å². The van der Waals surface area contributed by atoms with Crippen molar-refractivity contribution in [1.29, 1.82) is 0 Å². The van der Waals surface area contributed by atoms with Crippen molar-refractivity contribution in [3.63, 3.8) is 0 Å². The van der Waals surface area contributed by atoms with E-state index in [1.807, 2.05) is 4.90 Å². The van der Waals surface area contributed by atoms with E-state index in [9.17, 15) is 8.76 Å². The standard InChI is InChI=1S/C10H22N2O3S/c1-15-8-5-11-9-10(16(13)14)12-6-3-2-4-7-12/h10-11H,2-9H2,1H3,(H,13,14)/p-1. The second-order valence-corrected chi connectivity index (χ2v) is 5.07. The molecule has 2 atom stereocenters. The summed E-state index contributed by atoms with van der Waals surface area (Å²) in [4.78, 5) is 2.05. The maximum Gasteiger partial charge on any atom is 0.0852 e. The second-order valence-electron chi connectivity index (χ2n) is 4.01. The molecule has 0 bridgehead atoms. The van der Waals surface area contributed by atoms with Gasteiger partial charge in [-0.3, -0.25) is 9.11 Å². The molecule has 96 valence electrons. The van der Waals surface area contributed by atoms with Gasteiger partial charge in [-0.2, -0.15) is 0 Å². The van der Waals surface area contributed by atoms with E-state index in [4.69, 9.17) is 4.74 Å². The molecule has 0 aromatic carbocycles. The quantitative estimate of drug-likeness (QED) is 0.505. The molecule has 1 N–H and O–H groups in total. The predicted molar refractivity (Wildman–Crippen MR) is 62.9 cm³/mol. The fraction of sp³-hybridized carbons (Fsp3) is 1.00. The summed E-state index contributed by atoms with van der Waals surface area (Å²) in [6, 6.07) is 0. The van der Waals surface area contributed by atoms with Crippen LogP contribution in [-0.2, 0) is 15.8 Å². The maximum absolute atomic E-state index is 11.1. The molecule has 5 nitrogen and oxygen atoms in total. The van der Waals surface area contributed by atoms with Gasteiger partial charge in [0.05, 0.1) is 12.0 Å². The van der Waals surface area contributed by atoms with Gasteiger partial charge >= 0.3 is 0 Å². The third-order valence-corrected chi connectivity index (χ3v) is 3.73. The first-order chi connectivity index (χ1) is 7.75. The third-order valence-electron chi connectivity index (χ3n) is 2.82. The van der Waals surface area contributed by atoms with Gasteiger partial charge in [0.2, 0.25) is 0 Å². The highest BCUT2D eigenvalue weighted by Gasteiger charge is 2.20. The normalized spacial score (nSPS) is 21.9. The van der Waals surface area contributed by atoms with Gasteiger partial charge in [0.1, 0.15) is 0 Å². The Balaban J connectivity index is 2.31. The van der Waals surface area contributed by atoms with E-state index in [0.717, 1.165) is 25.9 Å². The number of nitrogens with one attached hydrogen (secondary N) is 1. The average molecular weight is 249 g/mol. The van der Waals surface area contributed by atoms with Crippen molar-refractivity contribution < 1.29 is 13.5 Å². The van der Waals surface area contributed by atoms with Crippen molar-refractivity contribution in [2.45, 2.75) is 24.6 Å². The zero-order valence-corrected chi connectivity index (χ0v) is 10.6. The van der Waals surface area contributed by atoms with Crippen LogP contribution in [0.4, 0.5) is 0 Å². The lowest BCUT2D eigenvalue weighted by Gasteiger charge is -2.35. The van der Waals surface area contributed by atoms with Crippen LogP contribution in [0.3, 0.4) is 0 Å². The van der Waals surface area contributed by atoms with Gasteiger partial charge in [0.25, 0.3) is 0 Å². The minimum absolute atomic E-state index is 0.392. The fourth-order valence-corrected chi connectivity index (χ4v) is 2.63. The molecular formula is C10H21N2O3S-. The number of hydrogen-bond donors (Lipinski definition) is 1. The van der Waals surface area contributed by atoms with Gasteiger partial charge in [0, 0.05) is 20.2 Å². The van der Waals surface area contributed by atoms with E-state index in [1.54, 1.807) is 7.11 Å². The molecule has 0 aromatic heterocycles. The van der Waals surface area contributed by atoms with E-state index in [2.05, 4.69) is 5.32 Å². The van der Waals surface area contributed by atoms with Gasteiger partial charge in [0.15, 0.2) is 0 Å². The SMILES string of the molecule is COCCNCC(N1CCCCC1)S(=O)[O-]. The smallest absolute Gasteiger partial charge is 0.0852 e. The lowest BCUT2D eigenvalue weighted by molar-refractivity contribution is 0.183. The Kier molecular flexibility index (Phi) is 7.15. The van der Waals surface area contributed by atoms with Crippen molar-refractivity contribution in [3.8, 4) is 0 Å². The first kappa shape index (κ1) is 14.1. The van der Waals surface area contributed by atoms with Crippen LogP contribution in [0.25, 0.3) is 0 Å². The van der Waals surface area contributed by atoms with Gasteiger partial charge < -0.3 is 14.6 Å². The number of hydrogen-bond acceptors (Lipinski definition) is 5. The Labute approximate surface area is 99.8 Å². The van der Waals surface area contributed by atoms with E-state index < -0.39 is 16.5 Å². The molecule has 0 spiro atoms. The highest BCUT2D eigenvalue weighted by Crippen LogP contribution is 2.13. The molecule has 1 saturated heterocycles. The number of likely N-dealkylation sites (tertiary alicyclic amines) is 1. The molecule has 0 aromatic rings. The van der Waals surface area contributed by atoms with Crippen LogP contribution in [0, 0.1) is 0 Å². The Morgan fingerprint density at radius 2 is 2.12 bits per heavy atom. The molecule has 0 amide bonds. The molecule has 1 rings (SSSR count). The monoisotopic (exact) mass is 249 g/mol. The van der Waals surface area contributed by atoms with Gasteiger partial charge in [-0.05, 0) is 37.0 Å². The second kappa shape index (κ2) is 8.14. The molecule has 16 heavy (non-hydrogen) atoms. The van der Waals surface area contributed by atoms with Crippen LogP contribution in [0.5, 0.6) is 0 Å². The number of nitrogens with zero attached hydrogens (tertiary/aromatic N) is 1. The van der Waals surface area contributed by atoms with Gasteiger partial charge in [-0.15, -0.1) is 0 Å². The minimum atomic E-state index is -2.03. The first-order valence-electron chi connectivity index (χ1n) is 5.77. The Bertz CT molecular complexity index is 210. The van der Waals surface area contributed by atoms with E-state index >= 15 is 0 Å². The summed E-state index contributed by atoms with van der Waals surface area (Å²) < 4.78 is 27.2. The molecule has 6 heteroatoms. The van der Waals surface area contributed by atoms with Crippen LogP contribution in [-0.4, -0.2) is 58.9 Å². The summed E-state index contributed by atoms with van der Waals surface area (Å²) in [6.45, 7) is 3.57. The summed E-state index contributed by atoms with van der Waals surface area (Å²) in [7, 11) is 1.63. The van der Waals surface area contributed by atoms with Crippen molar-refractivity contribution in [2.24, 2.45) is 0 Å². The Hall–Kier alpha value is -0.0100. The molecule has 2 unspecified atom stereocenters. The predicted octanol–water partition coefficient (Wildman–Crippen LogP) is -0.0865. The fourth-order valence-electron chi connectivity index (χ4n) is 1.92. The van der Waals surface area contributed by atoms with Crippen molar-refractivity contribution in [3.05, 3.63) is 0 Å². The highest BCUT2D eigenvalue weighted by atomic mass is 32.2. The molecule has 1 aliphatic rings. The largest absolute Gasteiger partial charge is 0.771 e. The van der Waals surface area contributed by atoms with Crippen LogP contribution in [0.2, 0.25) is 0 Å². The number of rotatable bonds is 7. The van der Waals surface area contributed by atoms with Crippen LogP contribution in [0.15, 0.2) is 0 Å². The zero-order valence-electron chi connectivity index (χ0n) is 9.81. The molecule has 1 fully saturated rings. The maximum atomic E-state index is 11.1. The number of ether oxygens (including phenoxy) is 1. The number of piperidine rings is 1. The van der Waals surface area contributed by atoms with Crippen molar-refractivity contribution >= 4 is 11.1 Å². The Morgan fingerprint density at radius 1 is 1.44 bits per heavy atom. The van der Waals surface area contributed by atoms with Crippen molar-refractivity contribution in [2.75, 3.05) is 39.9 Å². The summed E-state index contributed by atoms with van der Waals surface area (Å²) in [5.74, 6) is 0. The molecule has 1 heterocycles. The lowest BCUT2D eigenvalue weighted by Crippen LogP contribution is -2.47. The van der Waals surface area contributed by atoms with Gasteiger partial charge in [-0.25, -0.2) is 0 Å². The van der Waals surface area contributed by atoms with E-state index in [-0.39, 0.29) is 0 Å². The molecular weight excluding hydrogens is 228 g/mol. The summed E-state index contributed by atoms with van der Waals surface area (Å²) in [6.07, 6.45) is 3.42. The highest BCUT2D eigenvalue weighted by molar-refractivity contribution is 7.79. The molecule has 0 aliphatic carbocycles. The van der Waals surface area contributed by atoms with Gasteiger partial charge in [-0.1, -0.05) is 6.42 Å². The molecule has 1 aliphatic heterocycles. The van der Waals surface area contributed by atoms with E-state index in [0.29, 0.717) is 19.7 Å². The molecule has 0 saturated carbocycles. The summed E-state index contributed by atoms with van der Waals surface area (Å²) >= 11 is -2.03. The third kappa shape index (κ3) is 4.88. The Morgan fingerprint density at radius 3 is 2.69 bits per heavy atom. The van der Waals surface area contributed by atoms with Crippen LogP contribution < -0.4 is 5.32 Å². The van der Waals surface area contributed by atoms with Crippen LogP contribution in [0.1, 0.15) is 19.3 Å². The average Bonchev–Trinajstić information content (AvgIpc) is 2.30.